The van der Waals surface area contributed by atoms with Gasteiger partial charge in [-0.25, -0.2) is 0 Å². The molecule has 94 valence electrons. The average molecular weight is 246 g/mol. The molecule has 5 heteroatoms. The van der Waals surface area contributed by atoms with Crippen molar-refractivity contribution in [2.45, 2.75) is 25.7 Å². The standard InChI is InChI=1S/C13H14N2O3/c16-13(17)8-4-7-11-14-15-12(18-11)9-10-5-2-1-3-6-10/h1-3,5-6H,4,7-9H2,(H,16,17). The highest BCUT2D eigenvalue weighted by molar-refractivity contribution is 5.66. The zero-order chi connectivity index (χ0) is 12.8. The molecule has 0 aliphatic heterocycles. The molecule has 0 amide bonds. The molecule has 0 fully saturated rings. The van der Waals surface area contributed by atoms with E-state index in [1.165, 1.54) is 0 Å². The molecule has 0 saturated carbocycles. The van der Waals surface area contributed by atoms with E-state index in [0.29, 0.717) is 31.0 Å². The summed E-state index contributed by atoms with van der Waals surface area (Å²) in [5.74, 6) is 0.257. The highest BCUT2D eigenvalue weighted by Crippen LogP contribution is 2.09. The maximum atomic E-state index is 10.4. The van der Waals surface area contributed by atoms with Gasteiger partial charge in [-0.2, -0.15) is 0 Å². The highest BCUT2D eigenvalue weighted by atomic mass is 16.4. The van der Waals surface area contributed by atoms with Crippen LogP contribution in [0.3, 0.4) is 0 Å². The lowest BCUT2D eigenvalue weighted by atomic mass is 10.2. The number of rotatable bonds is 6. The average Bonchev–Trinajstić information content (AvgIpc) is 2.78. The number of aromatic nitrogens is 2. The van der Waals surface area contributed by atoms with Gasteiger partial charge in [0.2, 0.25) is 11.8 Å². The summed E-state index contributed by atoms with van der Waals surface area (Å²) >= 11 is 0. The fourth-order valence-corrected chi connectivity index (χ4v) is 1.62. The fourth-order valence-electron chi connectivity index (χ4n) is 1.62. The van der Waals surface area contributed by atoms with Gasteiger partial charge >= 0.3 is 5.97 Å². The van der Waals surface area contributed by atoms with Gasteiger partial charge in [-0.05, 0) is 12.0 Å². The summed E-state index contributed by atoms with van der Waals surface area (Å²) in [6, 6.07) is 9.86. The minimum absolute atomic E-state index is 0.121. The molecule has 1 aromatic carbocycles. The number of hydrogen-bond acceptors (Lipinski definition) is 4. The number of hydrogen-bond donors (Lipinski definition) is 1. The lowest BCUT2D eigenvalue weighted by molar-refractivity contribution is -0.137. The number of carboxylic acid groups (broad SMARTS) is 1. The summed E-state index contributed by atoms with van der Waals surface area (Å²) in [6.45, 7) is 0. The van der Waals surface area contributed by atoms with Crippen LogP contribution in [0.15, 0.2) is 34.7 Å². The number of aliphatic carboxylic acids is 1. The molecule has 0 aliphatic rings. The second-order valence-electron chi connectivity index (χ2n) is 4.00. The molecule has 0 radical (unpaired) electrons. The lowest BCUT2D eigenvalue weighted by Crippen LogP contribution is -1.95. The number of carbonyl (C=O) groups is 1. The first-order valence-electron chi connectivity index (χ1n) is 5.81. The lowest BCUT2D eigenvalue weighted by Gasteiger charge is -1.95. The van der Waals surface area contributed by atoms with Crippen LogP contribution in [0.2, 0.25) is 0 Å². The Bertz CT molecular complexity index is 508. The van der Waals surface area contributed by atoms with Crippen LogP contribution >= 0.6 is 0 Å². The first-order valence-corrected chi connectivity index (χ1v) is 5.81. The van der Waals surface area contributed by atoms with Gasteiger partial charge in [0.05, 0.1) is 6.42 Å². The van der Waals surface area contributed by atoms with Crippen LogP contribution < -0.4 is 0 Å². The monoisotopic (exact) mass is 246 g/mol. The molecule has 5 nitrogen and oxygen atoms in total. The van der Waals surface area contributed by atoms with Crippen LogP contribution in [-0.2, 0) is 17.6 Å². The number of carboxylic acids is 1. The number of aryl methyl sites for hydroxylation is 1. The van der Waals surface area contributed by atoms with E-state index in [2.05, 4.69) is 10.2 Å². The van der Waals surface area contributed by atoms with E-state index < -0.39 is 5.97 Å². The van der Waals surface area contributed by atoms with Crippen molar-refractivity contribution in [3.05, 3.63) is 47.7 Å². The highest BCUT2D eigenvalue weighted by Gasteiger charge is 2.07. The molecule has 1 aromatic heterocycles. The zero-order valence-electron chi connectivity index (χ0n) is 9.87. The second kappa shape index (κ2) is 5.95. The minimum atomic E-state index is -0.806. The number of benzene rings is 1. The Morgan fingerprint density at radius 1 is 1.17 bits per heavy atom. The summed E-state index contributed by atoms with van der Waals surface area (Å²) in [5.41, 5.74) is 1.11. The molecule has 2 rings (SSSR count). The van der Waals surface area contributed by atoms with Crippen molar-refractivity contribution in [1.29, 1.82) is 0 Å². The van der Waals surface area contributed by atoms with Gasteiger partial charge in [0.1, 0.15) is 0 Å². The Hall–Kier alpha value is -2.17. The third-order valence-electron chi connectivity index (χ3n) is 2.49. The van der Waals surface area contributed by atoms with Gasteiger partial charge < -0.3 is 9.52 Å². The van der Waals surface area contributed by atoms with Gasteiger partial charge in [-0.15, -0.1) is 10.2 Å². The van der Waals surface area contributed by atoms with Gasteiger partial charge in [-0.3, -0.25) is 4.79 Å². The van der Waals surface area contributed by atoms with E-state index in [4.69, 9.17) is 9.52 Å². The van der Waals surface area contributed by atoms with Crippen molar-refractivity contribution in [2.75, 3.05) is 0 Å². The molecule has 0 aliphatic carbocycles. The van der Waals surface area contributed by atoms with E-state index in [-0.39, 0.29) is 6.42 Å². The summed E-state index contributed by atoms with van der Waals surface area (Å²) in [4.78, 5) is 10.4. The molecule has 0 saturated heterocycles. The van der Waals surface area contributed by atoms with Crippen molar-refractivity contribution >= 4 is 5.97 Å². The summed E-state index contributed by atoms with van der Waals surface area (Å²) < 4.78 is 5.45. The van der Waals surface area contributed by atoms with E-state index in [0.717, 1.165) is 5.56 Å². The zero-order valence-corrected chi connectivity index (χ0v) is 9.87. The third-order valence-corrected chi connectivity index (χ3v) is 2.49. The van der Waals surface area contributed by atoms with Gasteiger partial charge in [0.15, 0.2) is 0 Å². The van der Waals surface area contributed by atoms with E-state index in [9.17, 15) is 4.79 Å². The smallest absolute Gasteiger partial charge is 0.303 e. The van der Waals surface area contributed by atoms with Crippen molar-refractivity contribution < 1.29 is 14.3 Å². The topological polar surface area (TPSA) is 76.2 Å². The molecule has 1 N–H and O–H groups in total. The predicted octanol–water partition coefficient (Wildman–Crippen LogP) is 2.07. The van der Waals surface area contributed by atoms with Crippen LogP contribution in [0.25, 0.3) is 0 Å². The first-order chi connectivity index (χ1) is 8.74. The third kappa shape index (κ3) is 3.69. The molecule has 0 spiro atoms. The van der Waals surface area contributed by atoms with Crippen molar-refractivity contribution in [3.8, 4) is 0 Å². The van der Waals surface area contributed by atoms with Gasteiger partial charge in [-0.1, -0.05) is 30.3 Å². The maximum absolute atomic E-state index is 10.4. The van der Waals surface area contributed by atoms with Crippen molar-refractivity contribution in [2.24, 2.45) is 0 Å². The summed E-state index contributed by atoms with van der Waals surface area (Å²) in [5, 5.41) is 16.4. The Labute approximate surface area is 104 Å². The van der Waals surface area contributed by atoms with E-state index in [1.54, 1.807) is 0 Å². The van der Waals surface area contributed by atoms with Gasteiger partial charge in [0.25, 0.3) is 0 Å². The normalized spacial score (nSPS) is 10.4. The van der Waals surface area contributed by atoms with Crippen molar-refractivity contribution in [1.82, 2.24) is 10.2 Å². The minimum Gasteiger partial charge on any atom is -0.481 e. The molecule has 0 bridgehead atoms. The predicted molar refractivity (Wildman–Crippen MR) is 64.1 cm³/mol. The molecule has 1 heterocycles. The quantitative estimate of drug-likeness (QED) is 0.844. The SMILES string of the molecule is O=C(O)CCCc1nnc(Cc2ccccc2)o1. The molecule has 18 heavy (non-hydrogen) atoms. The molecule has 0 unspecified atom stereocenters. The largest absolute Gasteiger partial charge is 0.481 e. The van der Waals surface area contributed by atoms with Crippen LogP contribution in [0.4, 0.5) is 0 Å². The van der Waals surface area contributed by atoms with Gasteiger partial charge in [0, 0.05) is 12.8 Å². The molecular formula is C13H14N2O3. The Morgan fingerprint density at radius 2 is 1.89 bits per heavy atom. The van der Waals surface area contributed by atoms with E-state index in [1.807, 2.05) is 30.3 Å². The van der Waals surface area contributed by atoms with Crippen LogP contribution in [0, 0.1) is 0 Å². The molecule has 2 aromatic rings. The van der Waals surface area contributed by atoms with Crippen LogP contribution in [0.1, 0.15) is 30.2 Å². The van der Waals surface area contributed by atoms with Crippen LogP contribution in [-0.4, -0.2) is 21.3 Å². The van der Waals surface area contributed by atoms with E-state index >= 15 is 0 Å². The summed E-state index contributed by atoms with van der Waals surface area (Å²) in [6.07, 6.45) is 1.75. The summed E-state index contributed by atoms with van der Waals surface area (Å²) in [7, 11) is 0. The maximum Gasteiger partial charge on any atom is 0.303 e. The Kier molecular flexibility index (Phi) is 4.06. The first kappa shape index (κ1) is 12.3. The fraction of sp³-hybridized carbons (Fsp3) is 0.308. The Balaban J connectivity index is 1.88. The van der Waals surface area contributed by atoms with Crippen molar-refractivity contribution in [3.63, 3.8) is 0 Å². The molecular weight excluding hydrogens is 232 g/mol. The number of nitrogens with zero attached hydrogens (tertiary/aromatic N) is 2. The second-order valence-corrected chi connectivity index (χ2v) is 4.00. The van der Waals surface area contributed by atoms with Crippen LogP contribution in [0.5, 0.6) is 0 Å². The Morgan fingerprint density at radius 3 is 2.61 bits per heavy atom. The molecule has 0 atom stereocenters.